The maximum atomic E-state index is 13.5. The second-order valence-corrected chi connectivity index (χ2v) is 12.6. The first-order valence-electron chi connectivity index (χ1n) is 16.0. The molecular formula is C35H41F3N6O4. The number of hydrogen-bond acceptors (Lipinski definition) is 9. The molecule has 1 amide bonds. The average Bonchev–Trinajstić information content (AvgIpc) is 3.03. The summed E-state index contributed by atoms with van der Waals surface area (Å²) in [6.45, 7) is 9.55. The van der Waals surface area contributed by atoms with Gasteiger partial charge >= 0.3 is 12.3 Å². The minimum Gasteiger partial charge on any atom is -0.444 e. The van der Waals surface area contributed by atoms with Gasteiger partial charge in [0.15, 0.2) is 6.10 Å². The predicted octanol–water partition coefficient (Wildman–Crippen LogP) is 7.98. The topological polar surface area (TPSA) is 111 Å². The second kappa shape index (κ2) is 14.6. The molecule has 1 saturated heterocycles. The highest BCUT2D eigenvalue weighted by Gasteiger charge is 2.40. The van der Waals surface area contributed by atoms with Gasteiger partial charge in [-0.3, -0.25) is 0 Å². The van der Waals surface area contributed by atoms with Crippen LogP contribution in [-0.2, 0) is 9.47 Å². The quantitative estimate of drug-likeness (QED) is 0.174. The number of hydrogen-bond donors (Lipinski definition) is 2. The number of amides is 1. The van der Waals surface area contributed by atoms with Crippen LogP contribution in [0, 0.1) is 6.92 Å². The van der Waals surface area contributed by atoms with Gasteiger partial charge in [-0.05, 0) is 77.3 Å². The fourth-order valence-electron chi connectivity index (χ4n) is 5.51. The number of pyridine rings is 1. The molecule has 5 rings (SSSR count). The summed E-state index contributed by atoms with van der Waals surface area (Å²) in [4.78, 5) is 28.0. The zero-order valence-corrected chi connectivity index (χ0v) is 27.7. The molecule has 0 saturated carbocycles. The maximum absolute atomic E-state index is 13.5. The Morgan fingerprint density at radius 1 is 1.04 bits per heavy atom. The molecule has 1 fully saturated rings. The van der Waals surface area contributed by atoms with Crippen LogP contribution in [0.25, 0.3) is 22.0 Å². The lowest BCUT2D eigenvalue weighted by molar-refractivity contribution is -0.214. The molecule has 2 aromatic carbocycles. The Bertz CT molecular complexity index is 1730. The minimum absolute atomic E-state index is 0.0534. The Labute approximate surface area is 278 Å². The molecular weight excluding hydrogens is 625 g/mol. The maximum Gasteiger partial charge on any atom is 0.416 e. The van der Waals surface area contributed by atoms with Gasteiger partial charge in [-0.1, -0.05) is 24.3 Å². The molecule has 2 aromatic heterocycles. The van der Waals surface area contributed by atoms with Crippen molar-refractivity contribution in [2.75, 3.05) is 36.9 Å². The van der Waals surface area contributed by atoms with Gasteiger partial charge in [0.1, 0.15) is 11.4 Å². The van der Waals surface area contributed by atoms with Crippen LogP contribution in [0.15, 0.2) is 60.9 Å². The van der Waals surface area contributed by atoms with Gasteiger partial charge < -0.3 is 29.7 Å². The Hall–Kier alpha value is -4.65. The molecule has 0 aliphatic carbocycles. The number of fused-ring (bicyclic) bond motifs is 1. The number of rotatable bonds is 10. The average molecular weight is 667 g/mol. The fourth-order valence-corrected chi connectivity index (χ4v) is 5.51. The summed E-state index contributed by atoms with van der Waals surface area (Å²) in [5, 5.41) is 7.67. The molecule has 256 valence electrons. The fraction of sp³-hybridized carbons (Fsp3) is 0.429. The number of piperidine rings is 1. The number of aryl methyl sites for hydroxylation is 1. The van der Waals surface area contributed by atoms with E-state index < -0.39 is 24.4 Å². The number of likely N-dealkylation sites (tertiary alicyclic amines) is 1. The van der Waals surface area contributed by atoms with E-state index in [1.54, 1.807) is 41.6 Å². The van der Waals surface area contributed by atoms with Crippen LogP contribution < -0.4 is 15.4 Å². The van der Waals surface area contributed by atoms with E-state index in [1.807, 2.05) is 52.0 Å². The Morgan fingerprint density at radius 3 is 2.60 bits per heavy atom. The number of alkyl halides is 3. The molecule has 48 heavy (non-hydrogen) atoms. The summed E-state index contributed by atoms with van der Waals surface area (Å²) in [7, 11) is 0. The number of carbonyl (C=O) groups is 1. The zero-order chi connectivity index (χ0) is 34.5. The van der Waals surface area contributed by atoms with E-state index in [1.165, 1.54) is 6.92 Å². The van der Waals surface area contributed by atoms with Crippen molar-refractivity contribution in [1.82, 2.24) is 19.9 Å². The summed E-state index contributed by atoms with van der Waals surface area (Å²) in [5.41, 5.74) is 1.95. The van der Waals surface area contributed by atoms with Gasteiger partial charge in [0.2, 0.25) is 11.8 Å². The first-order chi connectivity index (χ1) is 22.8. The summed E-state index contributed by atoms with van der Waals surface area (Å²) in [6.07, 6.45) is -1.87. The summed E-state index contributed by atoms with van der Waals surface area (Å²) in [5.74, 6) is 1.23. The summed E-state index contributed by atoms with van der Waals surface area (Å²) in [6, 6.07) is 14.4. The summed E-state index contributed by atoms with van der Waals surface area (Å²) < 4.78 is 57.4. The SMILES string of the molecule is CCOC(CNc1cccc2c(Oc3ncccc3-c3ccnc(N[C@H]4CCCN(C(=O)OC(C)(C)C)C4)n3)c(C)ccc12)C(F)(F)F. The van der Waals surface area contributed by atoms with E-state index in [2.05, 4.69) is 20.6 Å². The normalized spacial score (nSPS) is 16.0. The smallest absolute Gasteiger partial charge is 0.416 e. The third-order valence-electron chi connectivity index (χ3n) is 7.73. The third-order valence-corrected chi connectivity index (χ3v) is 7.73. The standard InChI is InChI=1S/C35H41F3N6O4/c1-6-46-29(35(36,37)38)20-41-27-13-7-11-25-24(27)15-14-22(2)30(25)47-31-26(12-8-17-39-31)28-16-18-40-32(43-28)42-23-10-9-19-44(21-23)33(45)48-34(3,4)5/h7-8,11-18,23,29,41H,6,9-10,19-21H2,1-5H3,(H,40,42,43)/t23-,29?/m0/s1. The highest BCUT2D eigenvalue weighted by Crippen LogP contribution is 2.39. The molecule has 13 heteroatoms. The Morgan fingerprint density at radius 2 is 1.85 bits per heavy atom. The minimum atomic E-state index is -4.50. The predicted molar refractivity (Wildman–Crippen MR) is 178 cm³/mol. The number of anilines is 2. The van der Waals surface area contributed by atoms with Gasteiger partial charge in [0.05, 0.1) is 17.8 Å². The number of ether oxygens (including phenoxy) is 3. The van der Waals surface area contributed by atoms with Crippen LogP contribution >= 0.6 is 0 Å². The van der Waals surface area contributed by atoms with E-state index in [9.17, 15) is 18.0 Å². The molecule has 0 spiro atoms. The largest absolute Gasteiger partial charge is 0.444 e. The van der Waals surface area contributed by atoms with Gasteiger partial charge in [-0.2, -0.15) is 13.2 Å². The highest BCUT2D eigenvalue weighted by molar-refractivity contribution is 5.98. The molecule has 10 nitrogen and oxygen atoms in total. The lowest BCUT2D eigenvalue weighted by Gasteiger charge is -2.34. The molecule has 2 N–H and O–H groups in total. The second-order valence-electron chi connectivity index (χ2n) is 12.6. The van der Waals surface area contributed by atoms with Crippen molar-refractivity contribution in [3.63, 3.8) is 0 Å². The van der Waals surface area contributed by atoms with Gasteiger partial charge in [-0.25, -0.2) is 19.7 Å². The monoisotopic (exact) mass is 666 g/mol. The highest BCUT2D eigenvalue weighted by atomic mass is 19.4. The lowest BCUT2D eigenvalue weighted by atomic mass is 10.0. The van der Waals surface area contributed by atoms with Gasteiger partial charge in [0, 0.05) is 54.6 Å². The van der Waals surface area contributed by atoms with Crippen molar-refractivity contribution in [2.45, 2.75) is 71.4 Å². The van der Waals surface area contributed by atoms with Crippen molar-refractivity contribution < 1.29 is 32.2 Å². The van der Waals surface area contributed by atoms with Crippen molar-refractivity contribution in [3.8, 4) is 22.9 Å². The van der Waals surface area contributed by atoms with E-state index in [0.29, 0.717) is 58.4 Å². The molecule has 3 heterocycles. The van der Waals surface area contributed by atoms with E-state index in [4.69, 9.17) is 19.2 Å². The number of halogens is 3. The molecule has 0 radical (unpaired) electrons. The Kier molecular flexibility index (Phi) is 10.6. The van der Waals surface area contributed by atoms with Crippen molar-refractivity contribution >= 4 is 28.5 Å². The van der Waals surface area contributed by atoms with Crippen LogP contribution in [0.1, 0.15) is 46.1 Å². The zero-order valence-electron chi connectivity index (χ0n) is 27.7. The van der Waals surface area contributed by atoms with Crippen LogP contribution in [0.2, 0.25) is 0 Å². The lowest BCUT2D eigenvalue weighted by Crippen LogP contribution is -2.47. The van der Waals surface area contributed by atoms with E-state index >= 15 is 0 Å². The number of carbonyl (C=O) groups excluding carboxylic acids is 1. The number of nitrogens with zero attached hydrogens (tertiary/aromatic N) is 4. The first-order valence-corrected chi connectivity index (χ1v) is 16.0. The van der Waals surface area contributed by atoms with E-state index in [0.717, 1.165) is 18.4 Å². The number of aromatic nitrogens is 3. The number of nitrogens with one attached hydrogen (secondary N) is 2. The van der Waals surface area contributed by atoms with Crippen LogP contribution in [0.4, 0.5) is 29.6 Å². The van der Waals surface area contributed by atoms with E-state index in [-0.39, 0.29) is 18.7 Å². The molecule has 1 aliphatic rings. The van der Waals surface area contributed by atoms with Crippen molar-refractivity contribution in [2.24, 2.45) is 0 Å². The number of benzene rings is 2. The Balaban J connectivity index is 1.37. The molecule has 2 atom stereocenters. The van der Waals surface area contributed by atoms with Crippen LogP contribution in [0.3, 0.4) is 0 Å². The van der Waals surface area contributed by atoms with Crippen LogP contribution in [-0.4, -0.2) is 76.1 Å². The third kappa shape index (κ3) is 8.62. The van der Waals surface area contributed by atoms with Crippen molar-refractivity contribution in [1.29, 1.82) is 0 Å². The molecule has 0 bridgehead atoms. The molecule has 1 unspecified atom stereocenters. The first kappa shape index (κ1) is 34.7. The summed E-state index contributed by atoms with van der Waals surface area (Å²) >= 11 is 0. The van der Waals surface area contributed by atoms with Crippen LogP contribution in [0.5, 0.6) is 11.6 Å². The van der Waals surface area contributed by atoms with Gasteiger partial charge in [0.25, 0.3) is 0 Å². The van der Waals surface area contributed by atoms with Gasteiger partial charge in [-0.15, -0.1) is 0 Å². The van der Waals surface area contributed by atoms with Crippen molar-refractivity contribution in [3.05, 3.63) is 66.5 Å². The molecule has 4 aromatic rings. The molecule has 1 aliphatic heterocycles.